The Balaban J connectivity index is 1.21. The SMILES string of the molecule is CCc1ccc(CC(NC(=O)N2CCC(N3CCc4ccccc4NC3=O)CC2)c2nc3ccccc3n2CCCN(C)C)cc1CC. The van der Waals surface area contributed by atoms with Crippen molar-refractivity contribution in [2.45, 2.75) is 77.4 Å². The summed E-state index contributed by atoms with van der Waals surface area (Å²) in [5, 5.41) is 6.55. The van der Waals surface area contributed by atoms with Gasteiger partial charge in [0.25, 0.3) is 0 Å². The Morgan fingerprint density at radius 3 is 2.50 bits per heavy atom. The van der Waals surface area contributed by atoms with Crippen molar-refractivity contribution in [1.82, 2.24) is 29.6 Å². The van der Waals surface area contributed by atoms with Crippen molar-refractivity contribution in [3.05, 3.63) is 94.8 Å². The van der Waals surface area contributed by atoms with E-state index in [9.17, 15) is 9.59 Å². The molecule has 2 aliphatic heterocycles. The molecule has 0 spiro atoms. The minimum absolute atomic E-state index is 0.0448. The average molecular weight is 650 g/mol. The summed E-state index contributed by atoms with van der Waals surface area (Å²) >= 11 is 0. The quantitative estimate of drug-likeness (QED) is 0.190. The Morgan fingerprint density at radius 1 is 0.979 bits per heavy atom. The molecule has 0 bridgehead atoms. The Bertz CT molecular complexity index is 1720. The van der Waals surface area contributed by atoms with Crippen molar-refractivity contribution in [2.75, 3.05) is 45.6 Å². The first-order valence-electron chi connectivity index (χ1n) is 17.8. The standard InChI is InChI=1S/C39H51N7O2/c1-5-29-17-16-28(26-30(29)6-2)27-35(37-40-34-14-9-10-15-36(34)46(37)22-11-21-43(3)4)42-38(47)44-23-19-32(20-24-44)45-25-18-31-12-7-8-13-33(31)41-39(45)48/h7-10,12-17,26,32,35H,5-6,11,18-25,27H2,1-4H3,(H,41,48)(H,42,47). The van der Waals surface area contributed by atoms with Gasteiger partial charge in [-0.25, -0.2) is 14.6 Å². The molecule has 0 saturated carbocycles. The van der Waals surface area contributed by atoms with Gasteiger partial charge in [0, 0.05) is 37.9 Å². The average Bonchev–Trinajstić information content (AvgIpc) is 3.37. The van der Waals surface area contributed by atoms with Crippen molar-refractivity contribution >= 4 is 28.8 Å². The number of likely N-dealkylation sites (tertiary alicyclic amines) is 1. The largest absolute Gasteiger partial charge is 0.328 e. The summed E-state index contributed by atoms with van der Waals surface area (Å²) in [4.78, 5) is 38.5. The molecular weight excluding hydrogens is 598 g/mol. The molecule has 254 valence electrons. The normalized spacial score (nSPS) is 16.1. The highest BCUT2D eigenvalue weighted by Crippen LogP contribution is 2.28. The Kier molecular flexibility index (Phi) is 10.6. The van der Waals surface area contributed by atoms with Gasteiger partial charge in [-0.05, 0) is 106 Å². The first-order chi connectivity index (χ1) is 23.3. The van der Waals surface area contributed by atoms with Crippen LogP contribution in [0.3, 0.4) is 0 Å². The number of benzene rings is 3. The van der Waals surface area contributed by atoms with Crippen LogP contribution >= 0.6 is 0 Å². The van der Waals surface area contributed by atoms with E-state index in [0.717, 1.165) is 74.2 Å². The van der Waals surface area contributed by atoms with E-state index < -0.39 is 0 Å². The number of piperidine rings is 1. The third kappa shape index (κ3) is 7.51. The number of amides is 4. The molecule has 0 aliphatic carbocycles. The molecule has 1 fully saturated rings. The lowest BCUT2D eigenvalue weighted by atomic mass is 9.96. The van der Waals surface area contributed by atoms with Gasteiger partial charge in [-0.1, -0.05) is 62.4 Å². The van der Waals surface area contributed by atoms with Crippen molar-refractivity contribution in [1.29, 1.82) is 0 Å². The van der Waals surface area contributed by atoms with Gasteiger partial charge in [0.05, 0.1) is 17.1 Å². The fraction of sp³-hybridized carbons (Fsp3) is 0.462. The number of fused-ring (bicyclic) bond motifs is 2. The van der Waals surface area contributed by atoms with Gasteiger partial charge in [0.15, 0.2) is 0 Å². The van der Waals surface area contributed by atoms with E-state index in [1.165, 1.54) is 22.3 Å². The number of para-hydroxylation sites is 3. The number of urea groups is 2. The van der Waals surface area contributed by atoms with Crippen molar-refractivity contribution in [3.63, 3.8) is 0 Å². The Morgan fingerprint density at radius 2 is 1.73 bits per heavy atom. The number of hydrogen-bond donors (Lipinski definition) is 2. The van der Waals surface area contributed by atoms with Gasteiger partial charge in [-0.3, -0.25) is 0 Å². The van der Waals surface area contributed by atoms with Gasteiger partial charge in [0.2, 0.25) is 0 Å². The summed E-state index contributed by atoms with van der Waals surface area (Å²) in [6.45, 7) is 8.09. The molecule has 9 heteroatoms. The molecule has 1 aromatic heterocycles. The number of imidazole rings is 1. The lowest BCUT2D eigenvalue weighted by Gasteiger charge is -2.38. The number of aromatic nitrogens is 2. The molecular formula is C39H51N7O2. The summed E-state index contributed by atoms with van der Waals surface area (Å²) < 4.78 is 2.31. The predicted octanol–water partition coefficient (Wildman–Crippen LogP) is 6.66. The molecule has 3 aromatic carbocycles. The van der Waals surface area contributed by atoms with Gasteiger partial charge in [-0.15, -0.1) is 0 Å². The molecule has 1 unspecified atom stereocenters. The van der Waals surface area contributed by atoms with Crippen LogP contribution in [0.15, 0.2) is 66.7 Å². The van der Waals surface area contributed by atoms with Crippen LogP contribution in [0.2, 0.25) is 0 Å². The van der Waals surface area contributed by atoms with E-state index in [2.05, 4.69) is 90.5 Å². The van der Waals surface area contributed by atoms with E-state index in [1.54, 1.807) is 0 Å². The maximum absolute atomic E-state index is 14.1. The highest BCUT2D eigenvalue weighted by molar-refractivity contribution is 5.91. The highest BCUT2D eigenvalue weighted by atomic mass is 16.2. The summed E-state index contributed by atoms with van der Waals surface area (Å²) in [7, 11) is 4.20. The summed E-state index contributed by atoms with van der Waals surface area (Å²) in [6.07, 6.45) is 5.96. The Labute approximate surface area is 285 Å². The zero-order chi connectivity index (χ0) is 33.6. The van der Waals surface area contributed by atoms with Crippen LogP contribution in [-0.2, 0) is 32.2 Å². The topological polar surface area (TPSA) is 85.7 Å². The third-order valence-corrected chi connectivity index (χ3v) is 10.1. The number of carbonyl (C=O) groups excluding carboxylic acids is 2. The van der Waals surface area contributed by atoms with E-state index >= 15 is 0 Å². The molecule has 1 saturated heterocycles. The number of aryl methyl sites for hydroxylation is 3. The van der Waals surface area contributed by atoms with Crippen molar-refractivity contribution in [3.8, 4) is 0 Å². The summed E-state index contributed by atoms with van der Waals surface area (Å²) in [6, 6.07) is 22.8. The molecule has 9 nitrogen and oxygen atoms in total. The lowest BCUT2D eigenvalue weighted by Crippen LogP contribution is -2.52. The van der Waals surface area contributed by atoms with E-state index in [4.69, 9.17) is 4.98 Å². The van der Waals surface area contributed by atoms with Crippen molar-refractivity contribution in [2.24, 2.45) is 0 Å². The second kappa shape index (κ2) is 15.2. The van der Waals surface area contributed by atoms with Crippen LogP contribution in [0.1, 0.15) is 67.2 Å². The smallest absolute Gasteiger partial charge is 0.322 e. The molecule has 0 radical (unpaired) electrons. The molecule has 2 aliphatic rings. The van der Waals surface area contributed by atoms with E-state index in [-0.39, 0.29) is 24.1 Å². The predicted molar refractivity (Wildman–Crippen MR) is 194 cm³/mol. The molecule has 4 aromatic rings. The van der Waals surface area contributed by atoms with Crippen LogP contribution in [0.5, 0.6) is 0 Å². The monoisotopic (exact) mass is 649 g/mol. The second-order valence-electron chi connectivity index (χ2n) is 13.5. The number of hydrogen-bond acceptors (Lipinski definition) is 4. The number of nitrogens with zero attached hydrogens (tertiary/aromatic N) is 5. The summed E-state index contributed by atoms with van der Waals surface area (Å²) in [5.41, 5.74) is 8.05. The van der Waals surface area contributed by atoms with E-state index in [0.29, 0.717) is 26.1 Å². The second-order valence-corrected chi connectivity index (χ2v) is 13.5. The van der Waals surface area contributed by atoms with Crippen LogP contribution in [-0.4, -0.2) is 82.6 Å². The van der Waals surface area contributed by atoms with Crippen LogP contribution in [0, 0.1) is 0 Å². The number of nitrogens with one attached hydrogen (secondary N) is 2. The maximum Gasteiger partial charge on any atom is 0.322 e. The van der Waals surface area contributed by atoms with Gasteiger partial charge < -0.3 is 29.9 Å². The van der Waals surface area contributed by atoms with E-state index in [1.807, 2.05) is 34.1 Å². The first kappa shape index (κ1) is 33.5. The summed E-state index contributed by atoms with van der Waals surface area (Å²) in [5.74, 6) is 0.900. The molecule has 48 heavy (non-hydrogen) atoms. The minimum atomic E-state index is -0.297. The molecule has 4 amide bonds. The highest BCUT2D eigenvalue weighted by Gasteiger charge is 2.32. The molecule has 6 rings (SSSR count). The molecule has 1 atom stereocenters. The van der Waals surface area contributed by atoms with Crippen molar-refractivity contribution < 1.29 is 9.59 Å². The number of carbonyl (C=O) groups is 2. The lowest BCUT2D eigenvalue weighted by molar-refractivity contribution is 0.133. The van der Waals surface area contributed by atoms with Crippen LogP contribution in [0.25, 0.3) is 11.0 Å². The number of anilines is 1. The van der Waals surface area contributed by atoms with Gasteiger partial charge in [0.1, 0.15) is 5.82 Å². The Hall–Kier alpha value is -4.37. The maximum atomic E-state index is 14.1. The van der Waals surface area contributed by atoms with Gasteiger partial charge >= 0.3 is 12.1 Å². The fourth-order valence-corrected chi connectivity index (χ4v) is 7.42. The van der Waals surface area contributed by atoms with Crippen LogP contribution in [0.4, 0.5) is 15.3 Å². The zero-order valence-corrected chi connectivity index (χ0v) is 29.0. The van der Waals surface area contributed by atoms with Crippen LogP contribution < -0.4 is 10.6 Å². The fourth-order valence-electron chi connectivity index (χ4n) is 7.42. The molecule has 3 heterocycles. The molecule has 2 N–H and O–H groups in total. The first-order valence-corrected chi connectivity index (χ1v) is 17.8. The minimum Gasteiger partial charge on any atom is -0.328 e. The number of rotatable bonds is 11. The van der Waals surface area contributed by atoms with Gasteiger partial charge in [-0.2, -0.15) is 0 Å². The third-order valence-electron chi connectivity index (χ3n) is 10.1. The zero-order valence-electron chi connectivity index (χ0n) is 29.0.